The summed E-state index contributed by atoms with van der Waals surface area (Å²) in [6.07, 6.45) is 4.44. The van der Waals surface area contributed by atoms with Crippen LogP contribution in [0.15, 0.2) is 0 Å². The summed E-state index contributed by atoms with van der Waals surface area (Å²) in [4.78, 5) is 11.8. The minimum absolute atomic E-state index is 0.0732. The maximum Gasteiger partial charge on any atom is 0.315 e. The van der Waals surface area contributed by atoms with Gasteiger partial charge >= 0.3 is 6.03 Å². The number of hydrogen-bond donors (Lipinski definition) is 3. The summed E-state index contributed by atoms with van der Waals surface area (Å²) in [6, 6.07) is -0.0318. The lowest BCUT2D eigenvalue weighted by Crippen LogP contribution is -2.50. The molecule has 0 aromatic carbocycles. The second-order valence-electron chi connectivity index (χ2n) is 4.96. The average molecular weight is 274 g/mol. The van der Waals surface area contributed by atoms with E-state index in [4.69, 9.17) is 0 Å². The largest absolute Gasteiger partial charge is 0.391 e. The number of carbonyl (C=O) groups excluding carboxylic acids is 1. The molecule has 1 rings (SSSR count). The Morgan fingerprint density at radius 2 is 2.17 bits per heavy atom. The summed E-state index contributed by atoms with van der Waals surface area (Å²) >= 11 is 1.89. The van der Waals surface area contributed by atoms with Crippen LogP contribution in [0, 0.1) is 0 Å². The van der Waals surface area contributed by atoms with Crippen molar-refractivity contribution in [2.75, 3.05) is 11.5 Å². The Kier molecular flexibility index (Phi) is 7.51. The van der Waals surface area contributed by atoms with Gasteiger partial charge in [0, 0.05) is 6.04 Å². The molecule has 5 heteroatoms. The van der Waals surface area contributed by atoms with Gasteiger partial charge in [-0.15, -0.1) is 0 Å². The topological polar surface area (TPSA) is 61.4 Å². The summed E-state index contributed by atoms with van der Waals surface area (Å²) in [5, 5.41) is 15.6. The molecule has 18 heavy (non-hydrogen) atoms. The molecular weight excluding hydrogens is 248 g/mol. The van der Waals surface area contributed by atoms with E-state index < -0.39 is 0 Å². The van der Waals surface area contributed by atoms with Crippen LogP contribution >= 0.6 is 11.8 Å². The fraction of sp³-hybridized carbons (Fsp3) is 0.923. The van der Waals surface area contributed by atoms with Crippen molar-refractivity contribution in [1.82, 2.24) is 10.6 Å². The molecule has 1 aliphatic carbocycles. The van der Waals surface area contributed by atoms with Crippen LogP contribution in [0.4, 0.5) is 4.79 Å². The van der Waals surface area contributed by atoms with Crippen LogP contribution in [0.5, 0.6) is 0 Å². The van der Waals surface area contributed by atoms with E-state index in [-0.39, 0.29) is 24.2 Å². The van der Waals surface area contributed by atoms with E-state index >= 15 is 0 Å². The first-order valence-electron chi connectivity index (χ1n) is 6.96. The number of amides is 2. The van der Waals surface area contributed by atoms with Crippen molar-refractivity contribution in [3.05, 3.63) is 0 Å². The maximum atomic E-state index is 11.8. The molecule has 0 saturated heterocycles. The van der Waals surface area contributed by atoms with Gasteiger partial charge in [-0.2, -0.15) is 11.8 Å². The van der Waals surface area contributed by atoms with Gasteiger partial charge in [-0.05, 0) is 37.7 Å². The summed E-state index contributed by atoms with van der Waals surface area (Å²) in [7, 11) is 0. The second kappa shape index (κ2) is 8.64. The molecule has 0 radical (unpaired) electrons. The number of aliphatic hydroxyl groups excluding tert-OH is 1. The normalized spacial score (nSPS) is 25.5. The fourth-order valence-corrected chi connectivity index (χ4v) is 3.00. The molecule has 0 unspecified atom stereocenters. The third kappa shape index (κ3) is 5.96. The lowest BCUT2D eigenvalue weighted by atomic mass is 9.93. The third-order valence-corrected chi connectivity index (χ3v) is 4.26. The number of thioether (sulfide) groups is 1. The highest BCUT2D eigenvalue weighted by Gasteiger charge is 2.24. The van der Waals surface area contributed by atoms with Gasteiger partial charge in [0.05, 0.1) is 12.1 Å². The van der Waals surface area contributed by atoms with Crippen LogP contribution in [-0.2, 0) is 0 Å². The van der Waals surface area contributed by atoms with Gasteiger partial charge in [0.15, 0.2) is 0 Å². The van der Waals surface area contributed by atoms with Gasteiger partial charge in [0.2, 0.25) is 0 Å². The molecule has 0 heterocycles. The zero-order valence-corrected chi connectivity index (χ0v) is 12.3. The van der Waals surface area contributed by atoms with Gasteiger partial charge in [0.1, 0.15) is 0 Å². The van der Waals surface area contributed by atoms with Gasteiger partial charge < -0.3 is 15.7 Å². The van der Waals surface area contributed by atoms with E-state index in [1.165, 1.54) is 0 Å². The number of carbonyl (C=O) groups is 1. The minimum atomic E-state index is -0.379. The molecule has 1 saturated carbocycles. The molecule has 0 spiro atoms. The van der Waals surface area contributed by atoms with Gasteiger partial charge in [-0.25, -0.2) is 4.79 Å². The number of urea groups is 1. The molecule has 4 nitrogen and oxygen atoms in total. The predicted molar refractivity (Wildman–Crippen MR) is 77.0 cm³/mol. The van der Waals surface area contributed by atoms with E-state index in [1.807, 2.05) is 18.7 Å². The first-order valence-corrected chi connectivity index (χ1v) is 8.11. The molecule has 0 aromatic heterocycles. The van der Waals surface area contributed by atoms with Crippen LogP contribution < -0.4 is 10.6 Å². The molecule has 1 aliphatic rings. The van der Waals surface area contributed by atoms with Crippen LogP contribution in [0.1, 0.15) is 46.0 Å². The molecule has 106 valence electrons. The number of hydrogen-bond acceptors (Lipinski definition) is 3. The molecule has 1 fully saturated rings. The van der Waals surface area contributed by atoms with Crippen molar-refractivity contribution in [1.29, 1.82) is 0 Å². The molecule has 0 aromatic rings. The molecule has 3 N–H and O–H groups in total. The Hall–Kier alpha value is -0.420. The third-order valence-electron chi connectivity index (χ3n) is 3.32. The zero-order valence-electron chi connectivity index (χ0n) is 11.4. The second-order valence-corrected chi connectivity index (χ2v) is 6.36. The van der Waals surface area contributed by atoms with Crippen molar-refractivity contribution < 1.29 is 9.90 Å². The molecular formula is C13H26N2O2S. The van der Waals surface area contributed by atoms with Gasteiger partial charge in [-0.3, -0.25) is 0 Å². The predicted octanol–water partition coefficient (Wildman–Crippen LogP) is 2.12. The molecule has 3 atom stereocenters. The van der Waals surface area contributed by atoms with Crippen LogP contribution in [0.25, 0.3) is 0 Å². The van der Waals surface area contributed by atoms with Crippen molar-refractivity contribution in [2.24, 2.45) is 0 Å². The molecule has 2 amide bonds. The van der Waals surface area contributed by atoms with Crippen molar-refractivity contribution in [3.8, 4) is 0 Å². The number of aliphatic hydroxyl groups is 1. The van der Waals surface area contributed by atoms with Crippen LogP contribution in [0.3, 0.4) is 0 Å². The molecule has 0 bridgehead atoms. The summed E-state index contributed by atoms with van der Waals surface area (Å²) in [5.74, 6) is 2.19. The Labute approximate surface area is 114 Å². The Bertz CT molecular complexity index is 251. The average Bonchev–Trinajstić information content (AvgIpc) is 2.32. The quantitative estimate of drug-likeness (QED) is 0.650. The van der Waals surface area contributed by atoms with Crippen LogP contribution in [-0.4, -0.2) is 40.8 Å². The number of nitrogens with one attached hydrogen (secondary N) is 2. The van der Waals surface area contributed by atoms with Crippen molar-refractivity contribution in [2.45, 2.75) is 64.1 Å². The lowest BCUT2D eigenvalue weighted by Gasteiger charge is -2.29. The molecule has 0 aliphatic heterocycles. The monoisotopic (exact) mass is 274 g/mol. The number of rotatable bonds is 6. The Morgan fingerprint density at radius 3 is 2.83 bits per heavy atom. The van der Waals surface area contributed by atoms with E-state index in [9.17, 15) is 9.90 Å². The van der Waals surface area contributed by atoms with Gasteiger partial charge in [0.25, 0.3) is 0 Å². The van der Waals surface area contributed by atoms with E-state index in [1.54, 1.807) is 0 Å². The summed E-state index contributed by atoms with van der Waals surface area (Å²) < 4.78 is 0. The first-order chi connectivity index (χ1) is 8.63. The van der Waals surface area contributed by atoms with Crippen molar-refractivity contribution >= 4 is 17.8 Å². The van der Waals surface area contributed by atoms with E-state index in [0.29, 0.717) is 0 Å². The van der Waals surface area contributed by atoms with E-state index in [2.05, 4.69) is 17.6 Å². The summed E-state index contributed by atoms with van der Waals surface area (Å²) in [6.45, 7) is 4.16. The highest BCUT2D eigenvalue weighted by Crippen LogP contribution is 2.18. The first kappa shape index (κ1) is 15.6. The highest BCUT2D eigenvalue weighted by molar-refractivity contribution is 7.99. The lowest BCUT2D eigenvalue weighted by molar-refractivity contribution is 0.0941. The Balaban J connectivity index is 2.19. The van der Waals surface area contributed by atoms with Crippen LogP contribution in [0.2, 0.25) is 0 Å². The smallest absolute Gasteiger partial charge is 0.315 e. The zero-order chi connectivity index (χ0) is 13.4. The van der Waals surface area contributed by atoms with Gasteiger partial charge in [-0.1, -0.05) is 19.8 Å². The highest BCUT2D eigenvalue weighted by atomic mass is 32.2. The Morgan fingerprint density at radius 1 is 1.44 bits per heavy atom. The van der Waals surface area contributed by atoms with E-state index in [0.717, 1.165) is 43.6 Å². The summed E-state index contributed by atoms with van der Waals surface area (Å²) in [5.41, 5.74) is 0. The van der Waals surface area contributed by atoms with Crippen molar-refractivity contribution in [3.63, 3.8) is 0 Å². The minimum Gasteiger partial charge on any atom is -0.391 e. The standard InChI is InChI=1S/C13H26N2O2S/c1-3-18-9-8-10(2)14-13(17)15-11-6-4-5-7-12(11)16/h10-12,16H,3-9H2,1-2H3,(H2,14,15,17)/t10-,11+,12+/m1/s1. The maximum absolute atomic E-state index is 11.8. The SMILES string of the molecule is CCSCC[C@@H](C)NC(=O)N[C@H]1CCCC[C@@H]1O. The fourth-order valence-electron chi connectivity index (χ4n) is 2.19.